The average molecular weight is 243 g/mol. The van der Waals surface area contributed by atoms with Crippen LogP contribution in [0.1, 0.15) is 0 Å². The predicted molar refractivity (Wildman–Crippen MR) is 37.6 cm³/mol. The molecule has 3 heteroatoms. The van der Waals surface area contributed by atoms with Crippen molar-refractivity contribution in [2.45, 2.75) is 0 Å². The van der Waals surface area contributed by atoms with Gasteiger partial charge in [0, 0.05) is 0 Å². The van der Waals surface area contributed by atoms with Crippen molar-refractivity contribution in [2.75, 3.05) is 36.0 Å². The average Bonchev–Trinajstić information content (AvgIpc) is 1.89. The van der Waals surface area contributed by atoms with E-state index in [1.165, 1.54) is 21.9 Å². The van der Waals surface area contributed by atoms with Crippen LogP contribution in [0.3, 0.4) is 0 Å². The van der Waals surface area contributed by atoms with Gasteiger partial charge in [-0.15, -0.1) is 0 Å². The van der Waals surface area contributed by atoms with Crippen molar-refractivity contribution in [3.8, 4) is 0 Å². The van der Waals surface area contributed by atoms with Crippen LogP contribution in [0.2, 0.25) is 0 Å². The van der Waals surface area contributed by atoms with Crippen LogP contribution in [0.25, 0.3) is 0 Å². The SMILES string of the molecule is CNCC[I-]CCNC. The molecular weight excluding hydrogens is 227 g/mol. The molecule has 0 aromatic carbocycles. The van der Waals surface area contributed by atoms with E-state index in [1.54, 1.807) is 0 Å². The standard InChI is InChI=1S/C6H16IN2/c1-8-5-3-7-4-6-9-2/h8-9H,3-6H2,1-2H3/q-1. The first-order chi connectivity index (χ1) is 4.41. The second-order valence-electron chi connectivity index (χ2n) is 1.77. The quantitative estimate of drug-likeness (QED) is 0.287. The van der Waals surface area contributed by atoms with Crippen molar-refractivity contribution in [3.63, 3.8) is 0 Å². The number of rotatable bonds is 6. The van der Waals surface area contributed by atoms with Gasteiger partial charge in [0.15, 0.2) is 0 Å². The Hall–Kier alpha value is 0.650. The summed E-state index contributed by atoms with van der Waals surface area (Å²) in [5, 5.41) is 6.30. The molecule has 0 heterocycles. The fourth-order valence-electron chi connectivity index (χ4n) is 0.417. The maximum atomic E-state index is 3.15. The van der Waals surface area contributed by atoms with Gasteiger partial charge in [0.1, 0.15) is 0 Å². The molecular formula is C6H16IN2-. The third-order valence-corrected chi connectivity index (χ3v) is 3.56. The Morgan fingerprint density at radius 1 is 1.00 bits per heavy atom. The Morgan fingerprint density at radius 2 is 1.44 bits per heavy atom. The first-order valence-electron chi connectivity index (χ1n) is 3.24. The van der Waals surface area contributed by atoms with Crippen molar-refractivity contribution in [1.82, 2.24) is 10.6 Å². The van der Waals surface area contributed by atoms with Gasteiger partial charge in [0.25, 0.3) is 0 Å². The van der Waals surface area contributed by atoms with E-state index in [1.807, 2.05) is 14.1 Å². The molecule has 0 unspecified atom stereocenters. The van der Waals surface area contributed by atoms with Crippen LogP contribution in [0.4, 0.5) is 0 Å². The van der Waals surface area contributed by atoms with Gasteiger partial charge in [-0.1, -0.05) is 0 Å². The topological polar surface area (TPSA) is 24.1 Å². The summed E-state index contributed by atoms with van der Waals surface area (Å²) in [4.78, 5) is 0. The molecule has 0 rings (SSSR count). The molecule has 0 aliphatic carbocycles. The van der Waals surface area contributed by atoms with Crippen LogP contribution in [0.15, 0.2) is 0 Å². The van der Waals surface area contributed by atoms with Crippen molar-refractivity contribution in [1.29, 1.82) is 0 Å². The zero-order chi connectivity index (χ0) is 6.95. The Balaban J connectivity index is 2.60. The third-order valence-electron chi connectivity index (χ3n) is 0.956. The summed E-state index contributed by atoms with van der Waals surface area (Å²) in [5.41, 5.74) is 0. The molecule has 58 valence electrons. The minimum atomic E-state index is 0.487. The van der Waals surface area contributed by atoms with Crippen molar-refractivity contribution < 1.29 is 21.2 Å². The van der Waals surface area contributed by atoms with Crippen LogP contribution in [0, 0.1) is 0 Å². The van der Waals surface area contributed by atoms with Gasteiger partial charge < -0.3 is 0 Å². The van der Waals surface area contributed by atoms with Crippen molar-refractivity contribution in [2.24, 2.45) is 0 Å². The Morgan fingerprint density at radius 3 is 1.78 bits per heavy atom. The van der Waals surface area contributed by atoms with E-state index >= 15 is 0 Å². The van der Waals surface area contributed by atoms with Crippen LogP contribution < -0.4 is 31.8 Å². The fraction of sp³-hybridized carbons (Fsp3) is 1.00. The number of halogens is 1. The van der Waals surface area contributed by atoms with E-state index in [9.17, 15) is 0 Å². The van der Waals surface area contributed by atoms with E-state index in [-0.39, 0.29) is 0 Å². The van der Waals surface area contributed by atoms with Gasteiger partial charge >= 0.3 is 67.9 Å². The summed E-state index contributed by atoms with van der Waals surface area (Å²) in [6, 6.07) is 0. The van der Waals surface area contributed by atoms with Crippen LogP contribution in [-0.4, -0.2) is 36.0 Å². The van der Waals surface area contributed by atoms with Gasteiger partial charge in [-0.25, -0.2) is 0 Å². The first kappa shape index (κ1) is 9.65. The predicted octanol–water partition coefficient (Wildman–Crippen LogP) is -3.49. The summed E-state index contributed by atoms with van der Waals surface area (Å²) in [7, 11) is 4.03. The molecule has 0 saturated carbocycles. The second-order valence-corrected chi connectivity index (χ2v) is 5.01. The Kier molecular flexibility index (Phi) is 9.27. The molecule has 0 spiro atoms. The molecule has 0 aliphatic heterocycles. The van der Waals surface area contributed by atoms with Crippen molar-refractivity contribution >= 4 is 0 Å². The van der Waals surface area contributed by atoms with Gasteiger partial charge in [-0.2, -0.15) is 0 Å². The van der Waals surface area contributed by atoms with Gasteiger partial charge in [0.05, 0.1) is 0 Å². The second kappa shape index (κ2) is 8.65. The van der Waals surface area contributed by atoms with Gasteiger partial charge in [-0.05, 0) is 0 Å². The summed E-state index contributed by atoms with van der Waals surface area (Å²) in [6.45, 7) is 2.41. The number of hydrogen-bond acceptors (Lipinski definition) is 2. The van der Waals surface area contributed by atoms with E-state index < -0.39 is 0 Å². The molecule has 0 aliphatic rings. The zero-order valence-corrected chi connectivity index (χ0v) is 8.36. The van der Waals surface area contributed by atoms with Gasteiger partial charge in [0.2, 0.25) is 0 Å². The fourth-order valence-corrected chi connectivity index (χ4v) is 2.80. The molecule has 0 bridgehead atoms. The summed E-state index contributed by atoms with van der Waals surface area (Å²) in [6.07, 6.45) is 0. The molecule has 0 aromatic rings. The van der Waals surface area contributed by atoms with Crippen LogP contribution in [-0.2, 0) is 0 Å². The molecule has 0 aromatic heterocycles. The molecule has 2 N–H and O–H groups in total. The van der Waals surface area contributed by atoms with E-state index in [0.717, 1.165) is 0 Å². The summed E-state index contributed by atoms with van der Waals surface area (Å²) < 4.78 is 2.83. The summed E-state index contributed by atoms with van der Waals surface area (Å²) in [5.74, 6) is 0. The monoisotopic (exact) mass is 243 g/mol. The molecule has 2 nitrogen and oxygen atoms in total. The molecule has 0 saturated heterocycles. The molecule has 9 heavy (non-hydrogen) atoms. The number of nitrogens with one attached hydrogen (secondary N) is 2. The van der Waals surface area contributed by atoms with Crippen LogP contribution >= 0.6 is 0 Å². The maximum absolute atomic E-state index is 3.15. The minimum absolute atomic E-state index is 0.487. The van der Waals surface area contributed by atoms with Crippen molar-refractivity contribution in [3.05, 3.63) is 0 Å². The number of hydrogen-bond donors (Lipinski definition) is 2. The normalized spacial score (nSPS) is 10.4. The Bertz CT molecular complexity index is 44.3. The summed E-state index contributed by atoms with van der Waals surface area (Å²) >= 11 is 0.487. The van der Waals surface area contributed by atoms with E-state index in [4.69, 9.17) is 0 Å². The van der Waals surface area contributed by atoms with Crippen LogP contribution in [0.5, 0.6) is 0 Å². The van der Waals surface area contributed by atoms with E-state index in [2.05, 4.69) is 10.6 Å². The molecule has 0 atom stereocenters. The third kappa shape index (κ3) is 8.65. The molecule has 0 amide bonds. The Labute approximate surface area is 68.0 Å². The molecule has 0 fully saturated rings. The zero-order valence-electron chi connectivity index (χ0n) is 6.21. The molecule has 0 radical (unpaired) electrons. The first-order valence-corrected chi connectivity index (χ1v) is 6.29. The van der Waals surface area contributed by atoms with Gasteiger partial charge in [-0.3, -0.25) is 0 Å². The van der Waals surface area contributed by atoms with E-state index in [0.29, 0.717) is 21.2 Å². The number of alkyl halides is 2.